The maximum atomic E-state index is 12.8. The maximum absolute atomic E-state index is 12.8. The molecule has 0 bridgehead atoms. The Morgan fingerprint density at radius 1 is 1.21 bits per heavy atom. The van der Waals surface area contributed by atoms with E-state index in [9.17, 15) is 9.59 Å². The normalized spacial score (nSPS) is 19.0. The van der Waals surface area contributed by atoms with Crippen molar-refractivity contribution in [2.75, 3.05) is 57.9 Å². The van der Waals surface area contributed by atoms with Gasteiger partial charge in [0.05, 0.1) is 31.4 Å². The summed E-state index contributed by atoms with van der Waals surface area (Å²) in [7, 11) is 1.97. The number of carbonyl (C=O) groups excluding carboxylic acids is 2. The van der Waals surface area contributed by atoms with Crippen molar-refractivity contribution >= 4 is 17.5 Å². The molecule has 1 fully saturated rings. The highest BCUT2D eigenvalue weighted by molar-refractivity contribution is 5.96. The van der Waals surface area contributed by atoms with Crippen LogP contribution in [0.3, 0.4) is 0 Å². The Labute approximate surface area is 167 Å². The maximum Gasteiger partial charge on any atom is 0.254 e. The minimum Gasteiger partial charge on any atom is -0.489 e. The van der Waals surface area contributed by atoms with Crippen LogP contribution in [-0.4, -0.2) is 80.7 Å². The van der Waals surface area contributed by atoms with Gasteiger partial charge in [0.15, 0.2) is 0 Å². The molecular weight excluding hydrogens is 358 g/mol. The van der Waals surface area contributed by atoms with Gasteiger partial charge in [0.25, 0.3) is 5.91 Å². The fraction of sp³-hybridized carbons (Fsp3) is 0.619. The standard InChI is InChI=1S/C21H31N3O4/c1-4-8-23(5-2)20(25)14-17-15-28-19-7-6-16(13-18(19)22(17)3)21(26)24-9-11-27-12-10-24/h6-7,13,17H,4-5,8-12,14-15H2,1-3H3/t17-/m1/s1. The summed E-state index contributed by atoms with van der Waals surface area (Å²) in [5.74, 6) is 0.914. The molecule has 7 nitrogen and oxygen atoms in total. The number of likely N-dealkylation sites (N-methyl/N-ethyl adjacent to an activating group) is 1. The summed E-state index contributed by atoms with van der Waals surface area (Å²) in [6, 6.07) is 5.51. The zero-order chi connectivity index (χ0) is 20.1. The van der Waals surface area contributed by atoms with Gasteiger partial charge in [-0.25, -0.2) is 0 Å². The highest BCUT2D eigenvalue weighted by Gasteiger charge is 2.29. The summed E-state index contributed by atoms with van der Waals surface area (Å²) in [5, 5.41) is 0. The van der Waals surface area contributed by atoms with Gasteiger partial charge >= 0.3 is 0 Å². The number of morpholine rings is 1. The van der Waals surface area contributed by atoms with Crippen LogP contribution in [0.4, 0.5) is 5.69 Å². The summed E-state index contributed by atoms with van der Waals surface area (Å²) in [4.78, 5) is 31.2. The van der Waals surface area contributed by atoms with E-state index in [-0.39, 0.29) is 17.9 Å². The average molecular weight is 389 g/mol. The van der Waals surface area contributed by atoms with Crippen molar-refractivity contribution in [1.82, 2.24) is 9.80 Å². The van der Waals surface area contributed by atoms with E-state index in [1.807, 2.05) is 42.0 Å². The van der Waals surface area contributed by atoms with Crippen LogP contribution in [0.15, 0.2) is 18.2 Å². The van der Waals surface area contributed by atoms with Crippen LogP contribution < -0.4 is 9.64 Å². The first-order valence-electron chi connectivity index (χ1n) is 10.2. The summed E-state index contributed by atoms with van der Waals surface area (Å²) < 4.78 is 11.2. The molecule has 1 aromatic rings. The molecule has 1 atom stereocenters. The number of fused-ring (bicyclic) bond motifs is 1. The molecular formula is C21H31N3O4. The minimum atomic E-state index is -0.0420. The third-order valence-electron chi connectivity index (χ3n) is 5.50. The second kappa shape index (κ2) is 9.28. The highest BCUT2D eigenvalue weighted by Crippen LogP contribution is 2.35. The summed E-state index contributed by atoms with van der Waals surface area (Å²) in [6.45, 7) is 8.44. The number of anilines is 1. The Kier molecular flexibility index (Phi) is 6.78. The minimum absolute atomic E-state index is 0.0119. The first-order valence-corrected chi connectivity index (χ1v) is 10.2. The molecule has 1 saturated heterocycles. The second-order valence-electron chi connectivity index (χ2n) is 7.34. The number of hydrogen-bond donors (Lipinski definition) is 0. The van der Waals surface area contributed by atoms with Gasteiger partial charge < -0.3 is 24.2 Å². The summed E-state index contributed by atoms with van der Waals surface area (Å²) in [5.41, 5.74) is 1.51. The first-order chi connectivity index (χ1) is 13.5. The van der Waals surface area contributed by atoms with Crippen LogP contribution in [0.5, 0.6) is 5.75 Å². The quantitative estimate of drug-likeness (QED) is 0.745. The molecule has 2 heterocycles. The lowest BCUT2D eigenvalue weighted by atomic mass is 10.1. The first kappa shape index (κ1) is 20.5. The highest BCUT2D eigenvalue weighted by atomic mass is 16.5. The molecule has 0 N–H and O–H groups in total. The Balaban J connectivity index is 1.72. The van der Waals surface area contributed by atoms with Crippen LogP contribution in [0.1, 0.15) is 37.0 Å². The fourth-order valence-electron chi connectivity index (χ4n) is 3.75. The van der Waals surface area contributed by atoms with E-state index >= 15 is 0 Å². The second-order valence-corrected chi connectivity index (χ2v) is 7.34. The van der Waals surface area contributed by atoms with E-state index < -0.39 is 0 Å². The molecule has 2 amide bonds. The number of hydrogen-bond acceptors (Lipinski definition) is 5. The van der Waals surface area contributed by atoms with Gasteiger partial charge in [-0.3, -0.25) is 9.59 Å². The van der Waals surface area contributed by atoms with E-state index in [1.54, 1.807) is 0 Å². The smallest absolute Gasteiger partial charge is 0.254 e. The van der Waals surface area contributed by atoms with Gasteiger partial charge in [-0.15, -0.1) is 0 Å². The van der Waals surface area contributed by atoms with Crippen molar-refractivity contribution in [2.45, 2.75) is 32.7 Å². The van der Waals surface area contributed by atoms with Gasteiger partial charge in [-0.1, -0.05) is 6.92 Å². The van der Waals surface area contributed by atoms with Crippen molar-refractivity contribution in [3.05, 3.63) is 23.8 Å². The topological polar surface area (TPSA) is 62.3 Å². The zero-order valence-electron chi connectivity index (χ0n) is 17.1. The van der Waals surface area contributed by atoms with Crippen LogP contribution >= 0.6 is 0 Å². The van der Waals surface area contributed by atoms with Crippen LogP contribution in [-0.2, 0) is 9.53 Å². The van der Waals surface area contributed by atoms with Crippen molar-refractivity contribution in [2.24, 2.45) is 0 Å². The van der Waals surface area contributed by atoms with Crippen molar-refractivity contribution in [3.63, 3.8) is 0 Å². The fourth-order valence-corrected chi connectivity index (χ4v) is 3.75. The summed E-state index contributed by atoms with van der Waals surface area (Å²) in [6.07, 6.45) is 1.36. The molecule has 1 aromatic carbocycles. The SMILES string of the molecule is CCCN(CC)C(=O)C[C@@H]1COc2ccc(C(=O)N3CCOCC3)cc2N1C. The van der Waals surface area contributed by atoms with Crippen molar-refractivity contribution in [3.8, 4) is 5.75 Å². The Bertz CT molecular complexity index is 703. The molecule has 0 spiro atoms. The lowest BCUT2D eigenvalue weighted by Gasteiger charge is -2.37. The number of amides is 2. The van der Waals surface area contributed by atoms with E-state index in [0.717, 1.165) is 30.9 Å². The third-order valence-corrected chi connectivity index (χ3v) is 5.50. The molecule has 7 heteroatoms. The molecule has 0 aliphatic carbocycles. The molecule has 0 aromatic heterocycles. The van der Waals surface area contributed by atoms with Crippen LogP contribution in [0, 0.1) is 0 Å². The van der Waals surface area contributed by atoms with Crippen molar-refractivity contribution < 1.29 is 19.1 Å². The molecule has 28 heavy (non-hydrogen) atoms. The van der Waals surface area contributed by atoms with Crippen LogP contribution in [0.25, 0.3) is 0 Å². The molecule has 2 aliphatic rings. The number of benzene rings is 1. The molecule has 0 radical (unpaired) electrons. The number of nitrogens with zero attached hydrogens (tertiary/aromatic N) is 3. The van der Waals surface area contributed by atoms with Gasteiger partial charge in [0.1, 0.15) is 12.4 Å². The zero-order valence-corrected chi connectivity index (χ0v) is 17.1. The molecule has 2 aliphatic heterocycles. The summed E-state index contributed by atoms with van der Waals surface area (Å²) >= 11 is 0. The lowest BCUT2D eigenvalue weighted by Crippen LogP contribution is -2.45. The van der Waals surface area contributed by atoms with Gasteiger partial charge in [-0.05, 0) is 31.5 Å². The predicted octanol–water partition coefficient (Wildman–Crippen LogP) is 2.00. The largest absolute Gasteiger partial charge is 0.489 e. The van der Waals surface area contributed by atoms with Crippen LogP contribution in [0.2, 0.25) is 0 Å². The number of rotatable bonds is 6. The predicted molar refractivity (Wildman–Crippen MR) is 108 cm³/mol. The number of carbonyl (C=O) groups is 2. The third kappa shape index (κ3) is 4.41. The molecule has 154 valence electrons. The van der Waals surface area contributed by atoms with Crippen molar-refractivity contribution in [1.29, 1.82) is 0 Å². The van der Waals surface area contributed by atoms with E-state index in [0.29, 0.717) is 44.9 Å². The Morgan fingerprint density at radius 3 is 2.64 bits per heavy atom. The van der Waals surface area contributed by atoms with Gasteiger partial charge in [0.2, 0.25) is 5.91 Å². The molecule has 0 saturated carbocycles. The van der Waals surface area contributed by atoms with Gasteiger partial charge in [-0.2, -0.15) is 0 Å². The Hall–Kier alpha value is -2.28. The van der Waals surface area contributed by atoms with E-state index in [4.69, 9.17) is 9.47 Å². The molecule has 3 rings (SSSR count). The Morgan fingerprint density at radius 2 is 1.96 bits per heavy atom. The van der Waals surface area contributed by atoms with Gasteiger partial charge in [0, 0.05) is 38.8 Å². The van der Waals surface area contributed by atoms with E-state index in [2.05, 4.69) is 11.8 Å². The number of ether oxygens (including phenoxy) is 2. The monoisotopic (exact) mass is 389 g/mol. The average Bonchev–Trinajstić information content (AvgIpc) is 2.73. The molecule has 0 unspecified atom stereocenters. The van der Waals surface area contributed by atoms with E-state index in [1.165, 1.54) is 0 Å². The lowest BCUT2D eigenvalue weighted by molar-refractivity contribution is -0.131.